The van der Waals surface area contributed by atoms with Crippen LogP contribution in [0.25, 0.3) is 0 Å². The summed E-state index contributed by atoms with van der Waals surface area (Å²) in [5.74, 6) is 7.01. The Morgan fingerprint density at radius 3 is 2.36 bits per heavy atom. The van der Waals surface area contributed by atoms with Crippen LogP contribution >= 0.6 is 11.6 Å². The van der Waals surface area contributed by atoms with E-state index in [2.05, 4.69) is 4.98 Å². The second-order valence-electron chi connectivity index (χ2n) is 3.49. The lowest BCUT2D eigenvalue weighted by molar-refractivity contribution is 0.303. The zero-order valence-corrected chi connectivity index (χ0v) is 9.67. The molecule has 1 heterocycles. The third-order valence-electron chi connectivity index (χ3n) is 2.51. The van der Waals surface area contributed by atoms with Crippen LogP contribution in [0.3, 0.4) is 0 Å². The van der Waals surface area contributed by atoms with Crippen molar-refractivity contribution in [2.24, 2.45) is 5.84 Å². The van der Waals surface area contributed by atoms with E-state index in [1.165, 1.54) is 0 Å². The van der Waals surface area contributed by atoms with Crippen LogP contribution in [0, 0.1) is 6.92 Å². The van der Waals surface area contributed by atoms with Gasteiger partial charge < -0.3 is 0 Å². The minimum absolute atomic E-state index is 0.335. The van der Waals surface area contributed by atoms with Crippen molar-refractivity contribution in [3.8, 4) is 0 Å². The molecule has 0 bridgehead atoms. The molecule has 1 rings (SSSR count). The number of pyridine rings is 1. The quantitative estimate of drug-likeness (QED) is 0.363. The van der Waals surface area contributed by atoms with Crippen molar-refractivity contribution in [3.05, 3.63) is 22.8 Å². The molecular weight excluding hydrogens is 198 g/mol. The lowest BCUT2D eigenvalue weighted by Crippen LogP contribution is -2.56. The molecule has 0 unspecified atom stereocenters. The van der Waals surface area contributed by atoms with Gasteiger partial charge in [0.2, 0.25) is 5.82 Å². The molecule has 4 heteroatoms. The summed E-state index contributed by atoms with van der Waals surface area (Å²) in [4.78, 5) is 4.26. The van der Waals surface area contributed by atoms with Gasteiger partial charge >= 0.3 is 0 Å². The Bertz CT molecular complexity index is 301. The second kappa shape index (κ2) is 4.26. The molecule has 0 radical (unpaired) electrons. The SMILES string of the molecule is CC[N+](N)(CC)c1cc(C)cc(Cl)n1. The van der Waals surface area contributed by atoms with Crippen molar-refractivity contribution in [2.45, 2.75) is 20.8 Å². The van der Waals surface area contributed by atoms with Crippen molar-refractivity contribution >= 4 is 17.4 Å². The number of hydrogen-bond donors (Lipinski definition) is 1. The Labute approximate surface area is 90.1 Å². The zero-order valence-electron chi connectivity index (χ0n) is 8.92. The van der Waals surface area contributed by atoms with Crippen molar-refractivity contribution in [2.75, 3.05) is 13.1 Å². The number of rotatable bonds is 3. The number of aryl methyl sites for hydroxylation is 1. The Morgan fingerprint density at radius 2 is 1.93 bits per heavy atom. The van der Waals surface area contributed by atoms with E-state index in [1.54, 1.807) is 0 Å². The van der Waals surface area contributed by atoms with Crippen LogP contribution in [-0.4, -0.2) is 18.1 Å². The maximum Gasteiger partial charge on any atom is 0.248 e. The molecule has 0 aliphatic carbocycles. The molecule has 0 saturated heterocycles. The highest BCUT2D eigenvalue weighted by Gasteiger charge is 2.24. The summed E-state index contributed by atoms with van der Waals surface area (Å²) in [6, 6.07) is 3.82. The second-order valence-corrected chi connectivity index (χ2v) is 3.88. The van der Waals surface area contributed by atoms with Crippen LogP contribution in [0.15, 0.2) is 12.1 Å². The number of aromatic nitrogens is 1. The third-order valence-corrected chi connectivity index (χ3v) is 2.70. The number of nitrogens with two attached hydrogens (primary N) is 1. The van der Waals surface area contributed by atoms with Gasteiger partial charge in [0.05, 0.1) is 13.1 Å². The van der Waals surface area contributed by atoms with Gasteiger partial charge in [-0.05, 0) is 32.4 Å². The van der Waals surface area contributed by atoms with Crippen LogP contribution in [0.5, 0.6) is 0 Å². The number of nitrogens with zero attached hydrogens (tertiary/aromatic N) is 2. The molecule has 2 N–H and O–H groups in total. The average Bonchev–Trinajstić information content (AvgIpc) is 2.15. The van der Waals surface area contributed by atoms with Crippen LogP contribution in [0.2, 0.25) is 5.15 Å². The maximum atomic E-state index is 6.17. The highest BCUT2D eigenvalue weighted by molar-refractivity contribution is 6.29. The number of hydrogen-bond acceptors (Lipinski definition) is 2. The molecule has 78 valence electrons. The molecule has 1 aromatic heterocycles. The molecule has 0 aliphatic rings. The predicted octanol–water partition coefficient (Wildman–Crippen LogP) is 2.26. The van der Waals surface area contributed by atoms with Gasteiger partial charge in [-0.1, -0.05) is 11.6 Å². The first-order valence-electron chi connectivity index (χ1n) is 4.82. The van der Waals surface area contributed by atoms with Gasteiger partial charge in [0.25, 0.3) is 0 Å². The molecule has 0 fully saturated rings. The lowest BCUT2D eigenvalue weighted by atomic mass is 10.3. The van der Waals surface area contributed by atoms with Crippen LogP contribution in [0.1, 0.15) is 19.4 Å². The van der Waals surface area contributed by atoms with E-state index < -0.39 is 0 Å². The Hall–Kier alpha value is -0.640. The van der Waals surface area contributed by atoms with E-state index in [4.69, 9.17) is 17.4 Å². The third kappa shape index (κ3) is 2.23. The van der Waals surface area contributed by atoms with Crippen molar-refractivity contribution in [3.63, 3.8) is 0 Å². The van der Waals surface area contributed by atoms with Gasteiger partial charge in [-0.25, -0.2) is 4.59 Å². The standard InChI is InChI=1S/C10H17ClN3/c1-4-14(12,5-2)10-7-8(3)6-9(11)13-10/h6-7H,4-5,12H2,1-3H3/q+1. The first-order valence-corrected chi connectivity index (χ1v) is 5.20. The van der Waals surface area contributed by atoms with Crippen LogP contribution in [-0.2, 0) is 0 Å². The smallest absolute Gasteiger partial charge is 0.201 e. The van der Waals surface area contributed by atoms with E-state index >= 15 is 0 Å². The fourth-order valence-electron chi connectivity index (χ4n) is 1.38. The molecule has 1 aromatic rings. The molecule has 0 aromatic carbocycles. The van der Waals surface area contributed by atoms with E-state index in [0.29, 0.717) is 9.75 Å². The summed E-state index contributed by atoms with van der Waals surface area (Å²) < 4.78 is 0.335. The van der Waals surface area contributed by atoms with E-state index in [9.17, 15) is 0 Å². The van der Waals surface area contributed by atoms with Crippen LogP contribution < -0.4 is 10.4 Å². The van der Waals surface area contributed by atoms with Gasteiger partial charge in [0.1, 0.15) is 5.15 Å². The normalized spacial score (nSPS) is 11.8. The predicted molar refractivity (Wildman–Crippen MR) is 61.0 cm³/mol. The molecule has 0 saturated carbocycles. The Kier molecular flexibility index (Phi) is 3.48. The average molecular weight is 215 g/mol. The first-order chi connectivity index (χ1) is 6.51. The van der Waals surface area contributed by atoms with Gasteiger partial charge in [-0.3, -0.25) is 0 Å². The molecule has 3 nitrogen and oxygen atoms in total. The topological polar surface area (TPSA) is 38.9 Å². The summed E-state index contributed by atoms with van der Waals surface area (Å²) in [6.07, 6.45) is 0. The fraction of sp³-hybridized carbons (Fsp3) is 0.500. The summed E-state index contributed by atoms with van der Waals surface area (Å²) in [5.41, 5.74) is 1.09. The highest BCUT2D eigenvalue weighted by Crippen LogP contribution is 2.20. The summed E-state index contributed by atoms with van der Waals surface area (Å²) in [7, 11) is 0. The zero-order chi connectivity index (χ0) is 10.8. The minimum atomic E-state index is 0.335. The lowest BCUT2D eigenvalue weighted by Gasteiger charge is -2.28. The van der Waals surface area contributed by atoms with E-state index in [0.717, 1.165) is 24.5 Å². The Balaban J connectivity index is 3.17. The molecule has 0 atom stereocenters. The maximum absolute atomic E-state index is 6.17. The highest BCUT2D eigenvalue weighted by atomic mass is 35.5. The largest absolute Gasteiger partial charge is 0.248 e. The molecule has 0 aliphatic heterocycles. The molecule has 0 spiro atoms. The first kappa shape index (κ1) is 11.4. The van der Waals surface area contributed by atoms with E-state index in [-0.39, 0.29) is 0 Å². The summed E-state index contributed by atoms with van der Waals surface area (Å²) in [6.45, 7) is 7.70. The van der Waals surface area contributed by atoms with Gasteiger partial charge in [-0.15, -0.1) is 0 Å². The van der Waals surface area contributed by atoms with E-state index in [1.807, 2.05) is 32.9 Å². The van der Waals surface area contributed by atoms with Crippen molar-refractivity contribution in [1.82, 2.24) is 9.58 Å². The molecular formula is C10H17ClN3+. The van der Waals surface area contributed by atoms with Crippen molar-refractivity contribution in [1.29, 1.82) is 0 Å². The van der Waals surface area contributed by atoms with Crippen LogP contribution in [0.4, 0.5) is 5.82 Å². The monoisotopic (exact) mass is 214 g/mol. The van der Waals surface area contributed by atoms with Gasteiger partial charge in [0.15, 0.2) is 0 Å². The van der Waals surface area contributed by atoms with Gasteiger partial charge in [-0.2, -0.15) is 10.8 Å². The molecule has 0 amide bonds. The molecule has 14 heavy (non-hydrogen) atoms. The number of quaternary nitrogens is 1. The number of halogens is 1. The summed E-state index contributed by atoms with van der Waals surface area (Å²) >= 11 is 5.89. The van der Waals surface area contributed by atoms with Crippen molar-refractivity contribution < 1.29 is 0 Å². The van der Waals surface area contributed by atoms with Gasteiger partial charge in [0, 0.05) is 6.07 Å². The summed E-state index contributed by atoms with van der Waals surface area (Å²) in [5, 5.41) is 0.509. The Morgan fingerprint density at radius 1 is 1.36 bits per heavy atom. The fourth-order valence-corrected chi connectivity index (χ4v) is 1.64. The minimum Gasteiger partial charge on any atom is -0.201 e.